The van der Waals surface area contributed by atoms with E-state index in [-0.39, 0.29) is 24.8 Å². The van der Waals surface area contributed by atoms with Crippen molar-refractivity contribution in [2.75, 3.05) is 14.2 Å². The van der Waals surface area contributed by atoms with Gasteiger partial charge in [-0.3, -0.25) is 9.59 Å². The van der Waals surface area contributed by atoms with Gasteiger partial charge in [0.2, 0.25) is 5.91 Å². The molecule has 0 unspecified atom stereocenters. The molecule has 2 aromatic carbocycles. The Kier molecular flexibility index (Phi) is 6.39. The van der Waals surface area contributed by atoms with Crippen LogP contribution in [0.4, 0.5) is 0 Å². The van der Waals surface area contributed by atoms with Crippen molar-refractivity contribution in [1.29, 1.82) is 0 Å². The maximum atomic E-state index is 12.7. The number of aliphatic carboxylic acids is 1. The molecule has 0 fully saturated rings. The first-order valence-electron chi connectivity index (χ1n) is 9.02. The highest BCUT2D eigenvalue weighted by atomic mass is 35.5. The van der Waals surface area contributed by atoms with Crippen LogP contribution >= 0.6 is 11.6 Å². The summed E-state index contributed by atoms with van der Waals surface area (Å²) >= 11 is 6.14. The Morgan fingerprint density at radius 1 is 1.17 bits per heavy atom. The van der Waals surface area contributed by atoms with Gasteiger partial charge in [-0.2, -0.15) is 5.10 Å². The average molecular weight is 417 g/mol. The van der Waals surface area contributed by atoms with Crippen molar-refractivity contribution in [3.05, 3.63) is 58.6 Å². The van der Waals surface area contributed by atoms with Crippen molar-refractivity contribution in [3.8, 4) is 11.5 Å². The Balaban J connectivity index is 1.97. The molecule has 152 valence electrons. The highest BCUT2D eigenvalue weighted by Gasteiger charge is 2.34. The molecule has 0 spiro atoms. The molecule has 0 bridgehead atoms. The molecule has 0 aliphatic carbocycles. The molecule has 29 heavy (non-hydrogen) atoms. The normalized spacial score (nSPS) is 15.8. The largest absolute Gasteiger partial charge is 0.497 e. The van der Waals surface area contributed by atoms with Crippen LogP contribution in [0.25, 0.3) is 0 Å². The van der Waals surface area contributed by atoms with E-state index in [0.717, 1.165) is 11.1 Å². The van der Waals surface area contributed by atoms with Gasteiger partial charge < -0.3 is 14.6 Å². The summed E-state index contributed by atoms with van der Waals surface area (Å²) in [5, 5.41) is 15.4. The lowest BCUT2D eigenvalue weighted by Gasteiger charge is -2.22. The molecule has 0 radical (unpaired) electrons. The first-order valence-corrected chi connectivity index (χ1v) is 9.40. The molecule has 7 nitrogen and oxygen atoms in total. The van der Waals surface area contributed by atoms with Gasteiger partial charge in [-0.1, -0.05) is 23.7 Å². The zero-order valence-corrected chi connectivity index (χ0v) is 16.8. The second-order valence-corrected chi connectivity index (χ2v) is 6.96. The molecule has 0 saturated heterocycles. The Morgan fingerprint density at radius 2 is 1.97 bits per heavy atom. The molecule has 1 heterocycles. The second-order valence-electron chi connectivity index (χ2n) is 6.52. The molecule has 3 rings (SSSR count). The number of hydrazone groups is 1. The number of hydrogen-bond acceptors (Lipinski definition) is 5. The summed E-state index contributed by atoms with van der Waals surface area (Å²) in [7, 11) is 3.12. The van der Waals surface area contributed by atoms with Crippen LogP contribution < -0.4 is 9.47 Å². The predicted molar refractivity (Wildman–Crippen MR) is 109 cm³/mol. The lowest BCUT2D eigenvalue weighted by atomic mass is 9.97. The summed E-state index contributed by atoms with van der Waals surface area (Å²) in [4.78, 5) is 23.6. The molecule has 1 N–H and O–H groups in total. The fourth-order valence-electron chi connectivity index (χ4n) is 3.24. The van der Waals surface area contributed by atoms with Crippen LogP contribution in [0.5, 0.6) is 11.5 Å². The van der Waals surface area contributed by atoms with Gasteiger partial charge >= 0.3 is 5.97 Å². The first kappa shape index (κ1) is 20.7. The maximum Gasteiger partial charge on any atom is 0.303 e. The summed E-state index contributed by atoms with van der Waals surface area (Å²) in [5.74, 6) is -0.171. The third-order valence-electron chi connectivity index (χ3n) is 4.67. The van der Waals surface area contributed by atoms with Crippen molar-refractivity contribution < 1.29 is 24.2 Å². The van der Waals surface area contributed by atoms with E-state index in [1.807, 2.05) is 18.2 Å². The van der Waals surface area contributed by atoms with Crippen molar-refractivity contribution in [3.63, 3.8) is 0 Å². The van der Waals surface area contributed by atoms with Crippen LogP contribution in [0.15, 0.2) is 47.6 Å². The minimum absolute atomic E-state index is 0.136. The first-order chi connectivity index (χ1) is 13.9. The van der Waals surface area contributed by atoms with E-state index in [2.05, 4.69) is 5.10 Å². The molecule has 8 heteroatoms. The predicted octanol–water partition coefficient (Wildman–Crippen LogP) is 3.90. The zero-order chi connectivity index (χ0) is 21.0. The summed E-state index contributed by atoms with van der Waals surface area (Å²) in [6, 6.07) is 12.2. The standard InChI is InChI=1S/C21H21ClN2O5/c1-28-15-6-7-16(19(11-15)29-2)17-12-18(13-4-3-5-14(22)10-13)24(23-17)20(25)8-9-21(26)27/h3-7,10-11,18H,8-9,12H2,1-2H3,(H,26,27)/t18-/m1/s1. The molecular formula is C21H21ClN2O5. The zero-order valence-electron chi connectivity index (χ0n) is 16.1. The summed E-state index contributed by atoms with van der Waals surface area (Å²) in [6.07, 6.45) is 0.0546. The Bertz CT molecular complexity index is 960. The van der Waals surface area contributed by atoms with Gasteiger partial charge in [-0.15, -0.1) is 0 Å². The van der Waals surface area contributed by atoms with E-state index in [1.165, 1.54) is 5.01 Å². The van der Waals surface area contributed by atoms with Gasteiger partial charge in [0, 0.05) is 29.5 Å². The fourth-order valence-corrected chi connectivity index (χ4v) is 3.44. The van der Waals surface area contributed by atoms with Crippen molar-refractivity contribution >= 4 is 29.2 Å². The average Bonchev–Trinajstić information content (AvgIpc) is 3.16. The Morgan fingerprint density at radius 3 is 2.62 bits per heavy atom. The quantitative estimate of drug-likeness (QED) is 0.739. The minimum atomic E-state index is -1.03. The molecule has 1 amide bonds. The number of methoxy groups -OCH3 is 2. The van der Waals surface area contributed by atoms with Gasteiger partial charge in [0.1, 0.15) is 11.5 Å². The van der Waals surface area contributed by atoms with Crippen molar-refractivity contribution in [2.24, 2.45) is 5.10 Å². The highest BCUT2D eigenvalue weighted by molar-refractivity contribution is 6.30. The summed E-state index contributed by atoms with van der Waals surface area (Å²) < 4.78 is 10.7. The molecular weight excluding hydrogens is 396 g/mol. The monoisotopic (exact) mass is 416 g/mol. The van der Waals surface area contributed by atoms with E-state index in [9.17, 15) is 9.59 Å². The molecule has 1 aliphatic rings. The number of carbonyl (C=O) groups excluding carboxylic acids is 1. The van der Waals surface area contributed by atoms with Gasteiger partial charge in [0.15, 0.2) is 0 Å². The van der Waals surface area contributed by atoms with Gasteiger partial charge in [-0.25, -0.2) is 5.01 Å². The number of carboxylic acid groups (broad SMARTS) is 1. The Labute approximate surface area is 173 Å². The molecule has 0 saturated carbocycles. The number of carboxylic acids is 1. The smallest absolute Gasteiger partial charge is 0.303 e. The van der Waals surface area contributed by atoms with E-state index < -0.39 is 5.97 Å². The lowest BCUT2D eigenvalue weighted by molar-refractivity contribution is -0.141. The number of amides is 1. The fraction of sp³-hybridized carbons (Fsp3) is 0.286. The van der Waals surface area contributed by atoms with Crippen LogP contribution in [0, 0.1) is 0 Å². The summed E-state index contributed by atoms with van der Waals surface area (Å²) in [6.45, 7) is 0. The van der Waals surface area contributed by atoms with Crippen LogP contribution in [0.3, 0.4) is 0 Å². The number of hydrogen-bond donors (Lipinski definition) is 1. The van der Waals surface area contributed by atoms with Gasteiger partial charge in [0.25, 0.3) is 0 Å². The van der Waals surface area contributed by atoms with Crippen molar-refractivity contribution in [2.45, 2.75) is 25.3 Å². The van der Waals surface area contributed by atoms with Gasteiger partial charge in [0.05, 0.1) is 32.4 Å². The second kappa shape index (κ2) is 8.96. The van der Waals surface area contributed by atoms with E-state index >= 15 is 0 Å². The third kappa shape index (κ3) is 4.68. The third-order valence-corrected chi connectivity index (χ3v) is 4.91. The topological polar surface area (TPSA) is 88.4 Å². The summed E-state index contributed by atoms with van der Waals surface area (Å²) in [5.41, 5.74) is 2.24. The van der Waals surface area contributed by atoms with Gasteiger partial charge in [-0.05, 0) is 29.8 Å². The number of carbonyl (C=O) groups is 2. The number of benzene rings is 2. The molecule has 0 aromatic heterocycles. The number of nitrogens with zero attached hydrogens (tertiary/aromatic N) is 2. The maximum absolute atomic E-state index is 12.7. The molecule has 1 atom stereocenters. The highest BCUT2D eigenvalue weighted by Crippen LogP contribution is 2.37. The van der Waals surface area contributed by atoms with Crippen LogP contribution in [0.1, 0.15) is 36.4 Å². The van der Waals surface area contributed by atoms with E-state index in [4.69, 9.17) is 26.2 Å². The minimum Gasteiger partial charge on any atom is -0.497 e. The molecule has 1 aliphatic heterocycles. The Hall–Kier alpha value is -3.06. The lowest BCUT2D eigenvalue weighted by Crippen LogP contribution is -2.27. The number of rotatable bonds is 7. The number of ether oxygens (including phenoxy) is 2. The van der Waals surface area contributed by atoms with Crippen LogP contribution in [-0.2, 0) is 9.59 Å². The van der Waals surface area contributed by atoms with Crippen molar-refractivity contribution in [1.82, 2.24) is 5.01 Å². The number of halogens is 1. The SMILES string of the molecule is COc1ccc(C2=NN(C(=O)CCC(=O)O)[C@@H](c3cccc(Cl)c3)C2)c(OC)c1. The van der Waals surface area contributed by atoms with E-state index in [0.29, 0.717) is 28.7 Å². The van der Waals surface area contributed by atoms with E-state index in [1.54, 1.807) is 38.5 Å². The van der Waals surface area contributed by atoms with Crippen LogP contribution in [0.2, 0.25) is 5.02 Å². The van der Waals surface area contributed by atoms with Crippen LogP contribution in [-0.4, -0.2) is 41.9 Å². The molecule has 2 aromatic rings.